The van der Waals surface area contributed by atoms with Crippen LogP contribution < -0.4 is 4.74 Å². The first kappa shape index (κ1) is 25.0. The van der Waals surface area contributed by atoms with Gasteiger partial charge in [-0.25, -0.2) is 4.79 Å². The number of likely N-dealkylation sites (tertiary alicyclic amines) is 1. The Morgan fingerprint density at radius 3 is 2.60 bits per heavy atom. The van der Waals surface area contributed by atoms with Crippen LogP contribution in [0.5, 0.6) is 5.19 Å². The monoisotopic (exact) mass is 499 g/mol. The van der Waals surface area contributed by atoms with E-state index in [1.165, 1.54) is 11.3 Å². The van der Waals surface area contributed by atoms with E-state index in [-0.39, 0.29) is 30.7 Å². The summed E-state index contributed by atoms with van der Waals surface area (Å²) in [6.07, 6.45) is 3.32. The van der Waals surface area contributed by atoms with Gasteiger partial charge in [0.1, 0.15) is 11.7 Å². The highest BCUT2D eigenvalue weighted by molar-refractivity contribution is 7.11. The average Bonchev–Trinajstić information content (AvgIpc) is 3.38. The lowest BCUT2D eigenvalue weighted by Gasteiger charge is -2.33. The lowest BCUT2D eigenvalue weighted by atomic mass is 10.1. The second kappa shape index (κ2) is 10.3. The summed E-state index contributed by atoms with van der Waals surface area (Å²) in [6.45, 7) is 10.5. The Hall–Kier alpha value is -3.07. The molecule has 3 aromatic rings. The Morgan fingerprint density at radius 1 is 1.17 bits per heavy atom. The Kier molecular flexibility index (Phi) is 7.35. The van der Waals surface area contributed by atoms with E-state index in [0.717, 1.165) is 35.1 Å². The number of nitrogens with zero attached hydrogens (tertiary/aromatic N) is 3. The van der Waals surface area contributed by atoms with Crippen LogP contribution in [-0.2, 0) is 20.7 Å². The zero-order valence-electron chi connectivity index (χ0n) is 20.9. The molecule has 1 saturated heterocycles. The molecule has 0 radical (unpaired) electrons. The second-order valence-electron chi connectivity index (χ2n) is 10.1. The largest absolute Gasteiger partial charge is 0.467 e. The van der Waals surface area contributed by atoms with E-state index in [1.807, 2.05) is 75.0 Å². The van der Waals surface area contributed by atoms with Crippen molar-refractivity contribution < 1.29 is 23.8 Å². The minimum atomic E-state index is -0.495. The molecule has 3 heterocycles. The molecule has 9 heteroatoms. The summed E-state index contributed by atoms with van der Waals surface area (Å²) in [4.78, 5) is 30.7. The highest BCUT2D eigenvalue weighted by Gasteiger charge is 2.28. The van der Waals surface area contributed by atoms with Crippen LogP contribution in [0.15, 0.2) is 35.8 Å². The van der Waals surface area contributed by atoms with Crippen LogP contribution in [0.25, 0.3) is 16.7 Å². The molecule has 8 nitrogen and oxygen atoms in total. The summed E-state index contributed by atoms with van der Waals surface area (Å²) in [5.74, 6) is 0.565. The molecule has 1 amide bonds. The SMILES string of the molecule is CC(C)OC(=O)Cc1ccc2c(ccn2-c2csc(OC3CCN(C(=O)OC(C)(C)C)CC3)n2)c1. The molecule has 0 atom stereocenters. The van der Waals surface area contributed by atoms with E-state index in [1.54, 1.807) is 4.90 Å². The van der Waals surface area contributed by atoms with E-state index >= 15 is 0 Å². The van der Waals surface area contributed by atoms with Crippen molar-refractivity contribution in [2.24, 2.45) is 0 Å². The van der Waals surface area contributed by atoms with Gasteiger partial charge in [-0.3, -0.25) is 4.79 Å². The summed E-state index contributed by atoms with van der Waals surface area (Å²) >= 11 is 1.46. The number of piperidine rings is 1. The number of aromatic nitrogens is 2. The van der Waals surface area contributed by atoms with Crippen molar-refractivity contribution in [2.75, 3.05) is 13.1 Å². The molecular weight excluding hydrogens is 466 g/mol. The third-order valence-corrected chi connectivity index (χ3v) is 6.27. The highest BCUT2D eigenvalue weighted by atomic mass is 32.1. The van der Waals surface area contributed by atoms with Crippen LogP contribution in [0.1, 0.15) is 53.0 Å². The van der Waals surface area contributed by atoms with Crippen LogP contribution in [0, 0.1) is 0 Å². The summed E-state index contributed by atoms with van der Waals surface area (Å²) in [7, 11) is 0. The normalized spacial score (nSPS) is 15.0. The molecule has 2 aromatic heterocycles. The third kappa shape index (κ3) is 6.54. The Morgan fingerprint density at radius 2 is 1.91 bits per heavy atom. The molecular formula is C26H33N3O5S. The number of ether oxygens (including phenoxy) is 3. The predicted molar refractivity (Wildman–Crippen MR) is 135 cm³/mol. The van der Waals surface area contributed by atoms with E-state index in [0.29, 0.717) is 18.3 Å². The van der Waals surface area contributed by atoms with Crippen LogP contribution >= 0.6 is 11.3 Å². The van der Waals surface area contributed by atoms with Crippen molar-refractivity contribution in [2.45, 2.75) is 71.7 Å². The van der Waals surface area contributed by atoms with Crippen molar-refractivity contribution in [3.63, 3.8) is 0 Å². The molecule has 4 rings (SSSR count). The van der Waals surface area contributed by atoms with Crippen molar-refractivity contribution in [1.82, 2.24) is 14.5 Å². The fourth-order valence-corrected chi connectivity index (χ4v) is 4.72. The molecule has 0 unspecified atom stereocenters. The number of hydrogen-bond donors (Lipinski definition) is 0. The van der Waals surface area contributed by atoms with Crippen molar-refractivity contribution in [1.29, 1.82) is 0 Å². The summed E-state index contributed by atoms with van der Waals surface area (Å²) in [6, 6.07) is 7.97. The van der Waals surface area contributed by atoms with Crippen molar-refractivity contribution in [3.05, 3.63) is 41.4 Å². The standard InChI is InChI=1S/C26H33N3O5S/c1-17(2)32-23(30)15-18-6-7-21-19(14-18)8-13-29(21)22-16-35-24(27-22)33-20-9-11-28(12-10-20)25(31)34-26(3,4)5/h6-8,13-14,16-17,20H,9-12,15H2,1-5H3. The van der Waals surface area contributed by atoms with E-state index in [2.05, 4.69) is 4.98 Å². The number of rotatable bonds is 6. The number of fused-ring (bicyclic) bond motifs is 1. The predicted octanol–water partition coefficient (Wildman–Crippen LogP) is 5.36. The summed E-state index contributed by atoms with van der Waals surface area (Å²) in [5, 5.41) is 3.62. The van der Waals surface area contributed by atoms with E-state index in [9.17, 15) is 9.59 Å². The highest BCUT2D eigenvalue weighted by Crippen LogP contribution is 2.28. The Balaban J connectivity index is 1.36. The first-order valence-electron chi connectivity index (χ1n) is 12.0. The number of thiazole rings is 1. The summed E-state index contributed by atoms with van der Waals surface area (Å²) in [5.41, 5.74) is 1.43. The van der Waals surface area contributed by atoms with Gasteiger partial charge in [0.25, 0.3) is 5.19 Å². The lowest BCUT2D eigenvalue weighted by molar-refractivity contribution is -0.146. The molecule has 0 aliphatic carbocycles. The maximum atomic E-state index is 12.3. The molecule has 1 aliphatic heterocycles. The molecule has 0 saturated carbocycles. The first-order chi connectivity index (χ1) is 16.6. The average molecular weight is 500 g/mol. The van der Waals surface area contributed by atoms with Gasteiger partial charge in [-0.2, -0.15) is 4.98 Å². The van der Waals surface area contributed by atoms with Crippen molar-refractivity contribution >= 4 is 34.3 Å². The molecule has 1 fully saturated rings. The number of benzene rings is 1. The molecule has 35 heavy (non-hydrogen) atoms. The van der Waals surface area contributed by atoms with Crippen molar-refractivity contribution in [3.8, 4) is 11.0 Å². The first-order valence-corrected chi connectivity index (χ1v) is 12.9. The number of carbonyl (C=O) groups is 2. The smallest absolute Gasteiger partial charge is 0.410 e. The van der Waals surface area contributed by atoms with Gasteiger partial charge < -0.3 is 23.7 Å². The Labute approximate surface area is 209 Å². The molecule has 188 valence electrons. The molecule has 1 aliphatic rings. The van der Waals surface area contributed by atoms with Gasteiger partial charge in [0.2, 0.25) is 0 Å². The molecule has 0 bridgehead atoms. The number of hydrogen-bond acceptors (Lipinski definition) is 7. The second-order valence-corrected chi connectivity index (χ2v) is 10.9. The number of amides is 1. The van der Waals surface area contributed by atoms with Crippen LogP contribution in [0.4, 0.5) is 4.79 Å². The lowest BCUT2D eigenvalue weighted by Crippen LogP contribution is -2.44. The van der Waals surface area contributed by atoms with Gasteiger partial charge in [-0.05, 0) is 58.4 Å². The minimum absolute atomic E-state index is 0.0160. The fourth-order valence-electron chi connectivity index (χ4n) is 4.01. The molecule has 0 N–H and O–H groups in total. The van der Waals surface area contributed by atoms with Gasteiger partial charge >= 0.3 is 12.1 Å². The Bertz CT molecular complexity index is 1190. The quantitative estimate of drug-likeness (QED) is 0.425. The topological polar surface area (TPSA) is 82.9 Å². The molecule has 0 spiro atoms. The fraction of sp³-hybridized carbons (Fsp3) is 0.500. The van der Waals surface area contributed by atoms with E-state index < -0.39 is 5.60 Å². The van der Waals surface area contributed by atoms with Gasteiger partial charge in [0.05, 0.1) is 18.0 Å². The number of esters is 1. The number of carbonyl (C=O) groups excluding carboxylic acids is 2. The van der Waals surface area contributed by atoms with Gasteiger partial charge in [-0.15, -0.1) is 0 Å². The van der Waals surface area contributed by atoms with Gasteiger partial charge in [-0.1, -0.05) is 17.4 Å². The minimum Gasteiger partial charge on any atom is -0.467 e. The van der Waals surface area contributed by atoms with Gasteiger partial charge in [0.15, 0.2) is 5.82 Å². The zero-order chi connectivity index (χ0) is 25.2. The van der Waals surface area contributed by atoms with Crippen LogP contribution in [0.3, 0.4) is 0 Å². The summed E-state index contributed by atoms with van der Waals surface area (Å²) < 4.78 is 18.9. The van der Waals surface area contributed by atoms with Gasteiger partial charge in [0, 0.05) is 42.9 Å². The maximum absolute atomic E-state index is 12.3. The van der Waals surface area contributed by atoms with Crippen LogP contribution in [-0.4, -0.2) is 57.4 Å². The maximum Gasteiger partial charge on any atom is 0.410 e. The third-order valence-electron chi connectivity index (χ3n) is 5.55. The van der Waals surface area contributed by atoms with E-state index in [4.69, 9.17) is 14.2 Å². The zero-order valence-corrected chi connectivity index (χ0v) is 21.8. The molecule has 1 aromatic carbocycles. The van der Waals surface area contributed by atoms with Crippen LogP contribution in [0.2, 0.25) is 0 Å².